The molecule has 8 heteroatoms. The molecule has 1 aliphatic rings. The molecular formula is C21H18N6O2. The fourth-order valence-electron chi connectivity index (χ4n) is 3.79. The van der Waals surface area contributed by atoms with Gasteiger partial charge in [0.2, 0.25) is 5.88 Å². The van der Waals surface area contributed by atoms with E-state index in [9.17, 15) is 4.91 Å². The number of fused-ring (bicyclic) bond motifs is 2. The van der Waals surface area contributed by atoms with E-state index in [0.717, 1.165) is 52.4 Å². The molecule has 1 unspecified atom stereocenters. The van der Waals surface area contributed by atoms with Crippen LogP contribution in [0.15, 0.2) is 60.3 Å². The van der Waals surface area contributed by atoms with Crippen molar-refractivity contribution in [1.29, 1.82) is 0 Å². The van der Waals surface area contributed by atoms with Crippen LogP contribution in [0.1, 0.15) is 23.6 Å². The Balaban J connectivity index is 1.58. The van der Waals surface area contributed by atoms with Crippen molar-refractivity contribution in [2.75, 3.05) is 12.4 Å². The minimum absolute atomic E-state index is 0.234. The highest BCUT2D eigenvalue weighted by molar-refractivity contribution is 5.79. The first-order valence-corrected chi connectivity index (χ1v) is 9.31. The molecule has 0 spiro atoms. The zero-order valence-electron chi connectivity index (χ0n) is 15.7. The summed E-state index contributed by atoms with van der Waals surface area (Å²) in [6.07, 6.45) is 8.67. The molecule has 29 heavy (non-hydrogen) atoms. The van der Waals surface area contributed by atoms with Crippen molar-refractivity contribution >= 4 is 17.2 Å². The SMILES string of the molecule is COc1ccc(-c2nc3cnccn3c2Nc2ccc3c(c2)CCC3N=O)cn1. The van der Waals surface area contributed by atoms with Gasteiger partial charge in [-0.25, -0.2) is 9.97 Å². The van der Waals surface area contributed by atoms with Crippen LogP contribution in [0.4, 0.5) is 11.5 Å². The van der Waals surface area contributed by atoms with Crippen LogP contribution in [-0.2, 0) is 6.42 Å². The van der Waals surface area contributed by atoms with Crippen LogP contribution in [0.25, 0.3) is 16.9 Å². The van der Waals surface area contributed by atoms with Crippen molar-refractivity contribution in [3.63, 3.8) is 0 Å². The highest BCUT2D eigenvalue weighted by Gasteiger charge is 2.23. The summed E-state index contributed by atoms with van der Waals surface area (Å²) < 4.78 is 7.11. The second kappa shape index (κ2) is 6.97. The van der Waals surface area contributed by atoms with Crippen molar-refractivity contribution in [1.82, 2.24) is 19.4 Å². The predicted molar refractivity (Wildman–Crippen MR) is 109 cm³/mol. The molecule has 3 heterocycles. The summed E-state index contributed by atoms with van der Waals surface area (Å²) in [5.41, 5.74) is 5.46. The van der Waals surface area contributed by atoms with Gasteiger partial charge in [0.1, 0.15) is 17.6 Å². The van der Waals surface area contributed by atoms with Gasteiger partial charge < -0.3 is 10.1 Å². The molecule has 0 radical (unpaired) electrons. The second-order valence-corrected chi connectivity index (χ2v) is 6.90. The van der Waals surface area contributed by atoms with Crippen molar-refractivity contribution < 1.29 is 4.74 Å². The first-order valence-electron chi connectivity index (χ1n) is 9.31. The minimum atomic E-state index is -0.234. The van der Waals surface area contributed by atoms with Crippen molar-refractivity contribution in [3.05, 3.63) is 71.2 Å². The summed E-state index contributed by atoms with van der Waals surface area (Å²) >= 11 is 0. The third-order valence-electron chi connectivity index (χ3n) is 5.23. The maximum absolute atomic E-state index is 11.0. The first kappa shape index (κ1) is 17.3. The molecule has 8 nitrogen and oxygen atoms in total. The van der Waals surface area contributed by atoms with Crippen molar-refractivity contribution in [2.45, 2.75) is 18.9 Å². The highest BCUT2D eigenvalue weighted by Crippen LogP contribution is 2.37. The molecule has 3 aromatic heterocycles. The molecule has 0 saturated carbocycles. The lowest BCUT2D eigenvalue weighted by Gasteiger charge is -2.11. The largest absolute Gasteiger partial charge is 0.481 e. The van der Waals surface area contributed by atoms with Gasteiger partial charge in [0.25, 0.3) is 0 Å². The lowest BCUT2D eigenvalue weighted by molar-refractivity contribution is 0.398. The highest BCUT2D eigenvalue weighted by atomic mass is 16.5. The predicted octanol–water partition coefficient (Wildman–Crippen LogP) is 4.30. The van der Waals surface area contributed by atoms with Gasteiger partial charge in [-0.3, -0.25) is 9.38 Å². The Morgan fingerprint density at radius 1 is 1.24 bits per heavy atom. The molecule has 1 N–H and O–H groups in total. The van der Waals surface area contributed by atoms with E-state index in [2.05, 4.69) is 26.5 Å². The van der Waals surface area contributed by atoms with E-state index in [0.29, 0.717) is 5.88 Å². The second-order valence-electron chi connectivity index (χ2n) is 6.90. The number of aryl methyl sites for hydroxylation is 1. The van der Waals surface area contributed by atoms with Crippen LogP contribution in [0.5, 0.6) is 5.88 Å². The third-order valence-corrected chi connectivity index (χ3v) is 5.23. The molecule has 144 valence electrons. The van der Waals surface area contributed by atoms with E-state index in [-0.39, 0.29) is 6.04 Å². The summed E-state index contributed by atoms with van der Waals surface area (Å²) in [6.45, 7) is 0. The molecule has 0 saturated heterocycles. The number of rotatable bonds is 5. The number of hydrogen-bond acceptors (Lipinski definition) is 7. The Labute approximate surface area is 166 Å². The number of benzene rings is 1. The first-order chi connectivity index (χ1) is 14.3. The Kier molecular flexibility index (Phi) is 4.16. The Morgan fingerprint density at radius 3 is 2.97 bits per heavy atom. The number of nitrogens with one attached hydrogen (secondary N) is 1. The standard InChI is InChI=1S/C21H18N6O2/c1-29-19-7-3-14(11-23-19)20-21(27-9-8-22-12-18(27)25-20)24-15-4-5-16-13(10-15)2-6-17(16)26-28/h3-5,7-12,17,24H,2,6H2,1H3. The lowest BCUT2D eigenvalue weighted by Crippen LogP contribution is -1.98. The number of pyridine rings is 1. The fraction of sp³-hybridized carbons (Fsp3) is 0.190. The van der Waals surface area contributed by atoms with E-state index in [1.807, 2.05) is 34.9 Å². The van der Waals surface area contributed by atoms with Crippen LogP contribution in [0.2, 0.25) is 0 Å². The molecular weight excluding hydrogens is 368 g/mol. The van der Waals surface area contributed by atoms with Gasteiger partial charge in [-0.1, -0.05) is 11.2 Å². The summed E-state index contributed by atoms with van der Waals surface area (Å²) in [6, 6.07) is 9.53. The van der Waals surface area contributed by atoms with Gasteiger partial charge in [0, 0.05) is 35.9 Å². The molecule has 1 atom stereocenters. The average Bonchev–Trinajstić information content (AvgIpc) is 3.35. The number of hydrogen-bond donors (Lipinski definition) is 1. The Hall–Kier alpha value is -3.81. The van der Waals surface area contributed by atoms with Crippen LogP contribution in [0.3, 0.4) is 0 Å². The summed E-state index contributed by atoms with van der Waals surface area (Å²) in [5.74, 6) is 1.36. The summed E-state index contributed by atoms with van der Waals surface area (Å²) in [4.78, 5) is 24.2. The molecule has 0 amide bonds. The molecule has 0 fully saturated rings. The van der Waals surface area contributed by atoms with Crippen LogP contribution in [0, 0.1) is 4.91 Å². The van der Waals surface area contributed by atoms with E-state index < -0.39 is 0 Å². The Bertz CT molecular complexity index is 1200. The maximum Gasteiger partial charge on any atom is 0.212 e. The molecule has 5 rings (SSSR count). The number of imidazole rings is 1. The number of methoxy groups -OCH3 is 1. The lowest BCUT2D eigenvalue weighted by atomic mass is 10.1. The summed E-state index contributed by atoms with van der Waals surface area (Å²) in [5, 5.41) is 6.72. The monoisotopic (exact) mass is 386 g/mol. The van der Waals surface area contributed by atoms with Crippen LogP contribution < -0.4 is 10.1 Å². The quantitative estimate of drug-likeness (QED) is 0.514. The number of nitroso groups, excluding NO2 is 1. The van der Waals surface area contributed by atoms with Gasteiger partial charge in [-0.15, -0.1) is 0 Å². The number of anilines is 2. The number of ether oxygens (including phenoxy) is 1. The topological polar surface area (TPSA) is 93.8 Å². The molecule has 1 aliphatic carbocycles. The summed E-state index contributed by atoms with van der Waals surface area (Å²) in [7, 11) is 1.59. The van der Waals surface area contributed by atoms with Gasteiger partial charge in [0.05, 0.1) is 13.3 Å². The average molecular weight is 386 g/mol. The molecule has 0 aliphatic heterocycles. The normalized spacial score (nSPS) is 15.3. The van der Waals surface area contributed by atoms with Gasteiger partial charge in [-0.05, 0) is 42.2 Å². The van der Waals surface area contributed by atoms with E-state index in [1.165, 1.54) is 0 Å². The zero-order chi connectivity index (χ0) is 19.8. The van der Waals surface area contributed by atoms with E-state index in [1.54, 1.807) is 25.7 Å². The minimum Gasteiger partial charge on any atom is -0.481 e. The maximum atomic E-state index is 11.0. The molecule has 0 bridgehead atoms. The smallest absolute Gasteiger partial charge is 0.212 e. The number of aromatic nitrogens is 4. The molecule has 1 aromatic carbocycles. The van der Waals surface area contributed by atoms with E-state index >= 15 is 0 Å². The van der Waals surface area contributed by atoms with Crippen LogP contribution >= 0.6 is 0 Å². The number of nitrogens with zero attached hydrogens (tertiary/aromatic N) is 5. The van der Waals surface area contributed by atoms with Crippen molar-refractivity contribution in [3.8, 4) is 17.1 Å². The van der Waals surface area contributed by atoms with Gasteiger partial charge in [-0.2, -0.15) is 4.91 Å². The fourth-order valence-corrected chi connectivity index (χ4v) is 3.79. The van der Waals surface area contributed by atoms with Gasteiger partial charge in [0.15, 0.2) is 5.65 Å². The Morgan fingerprint density at radius 2 is 2.17 bits per heavy atom. The van der Waals surface area contributed by atoms with E-state index in [4.69, 9.17) is 9.72 Å². The third kappa shape index (κ3) is 2.98. The van der Waals surface area contributed by atoms with Crippen LogP contribution in [-0.4, -0.2) is 26.5 Å². The zero-order valence-corrected chi connectivity index (χ0v) is 15.7. The van der Waals surface area contributed by atoms with Gasteiger partial charge >= 0.3 is 0 Å². The molecule has 4 aromatic rings. The van der Waals surface area contributed by atoms with Crippen molar-refractivity contribution in [2.24, 2.45) is 5.18 Å².